The Bertz CT molecular complexity index is 353. The van der Waals surface area contributed by atoms with Crippen LogP contribution in [0, 0.1) is 0 Å². The first-order valence-electron chi connectivity index (χ1n) is 4.16. The predicted molar refractivity (Wildman–Crippen MR) is 55.0 cm³/mol. The van der Waals surface area contributed by atoms with Gasteiger partial charge < -0.3 is 5.11 Å². The quantitative estimate of drug-likeness (QED) is 0.744. The molecule has 0 spiro atoms. The van der Waals surface area contributed by atoms with Gasteiger partial charge in [-0.3, -0.25) is 5.32 Å². The van der Waals surface area contributed by atoms with E-state index in [-0.39, 0.29) is 11.1 Å². The molecule has 0 aliphatic rings. The van der Waals surface area contributed by atoms with Crippen LogP contribution in [0.15, 0.2) is 12.3 Å². The van der Waals surface area contributed by atoms with Crippen molar-refractivity contribution in [2.75, 3.05) is 5.32 Å². The van der Waals surface area contributed by atoms with E-state index in [1.165, 1.54) is 0 Å². The van der Waals surface area contributed by atoms with Crippen LogP contribution in [0.1, 0.15) is 25.3 Å². The van der Waals surface area contributed by atoms with Crippen molar-refractivity contribution >= 4 is 23.4 Å². The highest BCUT2D eigenvalue weighted by Gasteiger charge is 2.12. The van der Waals surface area contributed by atoms with Crippen molar-refractivity contribution in [3.63, 3.8) is 0 Å². The Labute approximate surface area is 86.9 Å². The highest BCUT2D eigenvalue weighted by molar-refractivity contribution is 6.32. The number of hydrogen-bond donors (Lipinski definition) is 2. The number of rotatable bonds is 2. The maximum Gasteiger partial charge on any atom is 0.409 e. The fourth-order valence-corrected chi connectivity index (χ4v) is 1.37. The first kappa shape index (κ1) is 10.8. The van der Waals surface area contributed by atoms with Crippen molar-refractivity contribution in [3.8, 4) is 0 Å². The maximum absolute atomic E-state index is 10.5. The van der Waals surface area contributed by atoms with Crippen LogP contribution in [0.4, 0.5) is 10.5 Å². The van der Waals surface area contributed by atoms with Gasteiger partial charge in [-0.1, -0.05) is 25.4 Å². The molecule has 0 unspecified atom stereocenters. The summed E-state index contributed by atoms with van der Waals surface area (Å²) in [6, 6.07) is 1.75. The minimum Gasteiger partial charge on any atom is -0.465 e. The molecule has 0 aliphatic heterocycles. The van der Waals surface area contributed by atoms with E-state index >= 15 is 0 Å². The Morgan fingerprint density at radius 2 is 2.29 bits per heavy atom. The Morgan fingerprint density at radius 3 is 2.79 bits per heavy atom. The van der Waals surface area contributed by atoms with Crippen molar-refractivity contribution < 1.29 is 9.90 Å². The first-order chi connectivity index (χ1) is 6.52. The highest BCUT2D eigenvalue weighted by Crippen LogP contribution is 2.29. The average Bonchev–Trinajstić information content (AvgIpc) is 2.07. The average molecular weight is 215 g/mol. The molecule has 1 heterocycles. The van der Waals surface area contributed by atoms with Crippen LogP contribution in [-0.2, 0) is 0 Å². The standard InChI is InChI=1S/C9H11ClN2O2/c1-5(2)6-3-4-11-8(10)7(6)12-9(13)14/h3-5,12H,1-2H3,(H,13,14). The SMILES string of the molecule is CC(C)c1ccnc(Cl)c1NC(=O)O. The summed E-state index contributed by atoms with van der Waals surface area (Å²) >= 11 is 5.78. The number of carbonyl (C=O) groups is 1. The number of aromatic nitrogens is 1. The fourth-order valence-electron chi connectivity index (χ4n) is 1.16. The lowest BCUT2D eigenvalue weighted by molar-refractivity contribution is 0.209. The van der Waals surface area contributed by atoms with Crippen LogP contribution in [-0.4, -0.2) is 16.2 Å². The molecular weight excluding hydrogens is 204 g/mol. The number of nitrogens with zero attached hydrogens (tertiary/aromatic N) is 1. The smallest absolute Gasteiger partial charge is 0.409 e. The molecule has 76 valence electrons. The zero-order chi connectivity index (χ0) is 10.7. The van der Waals surface area contributed by atoms with Gasteiger partial charge in [-0.05, 0) is 17.5 Å². The molecule has 1 aromatic rings. The molecule has 1 rings (SSSR count). The number of nitrogens with one attached hydrogen (secondary N) is 1. The number of anilines is 1. The van der Waals surface area contributed by atoms with Crippen LogP contribution < -0.4 is 5.32 Å². The highest BCUT2D eigenvalue weighted by atomic mass is 35.5. The first-order valence-corrected chi connectivity index (χ1v) is 4.54. The van der Waals surface area contributed by atoms with Crippen LogP contribution >= 0.6 is 11.6 Å². The van der Waals surface area contributed by atoms with Gasteiger partial charge in [0, 0.05) is 6.20 Å². The molecule has 5 heteroatoms. The Kier molecular flexibility index (Phi) is 3.30. The normalized spacial score (nSPS) is 10.3. The van der Waals surface area contributed by atoms with Gasteiger partial charge in [-0.2, -0.15) is 0 Å². The number of carboxylic acid groups (broad SMARTS) is 1. The molecule has 14 heavy (non-hydrogen) atoms. The van der Waals surface area contributed by atoms with E-state index in [4.69, 9.17) is 16.7 Å². The van der Waals surface area contributed by atoms with Crippen LogP contribution in [0.3, 0.4) is 0 Å². The summed E-state index contributed by atoms with van der Waals surface area (Å²) in [5.41, 5.74) is 1.21. The Balaban J connectivity index is 3.15. The molecule has 0 saturated heterocycles. The van der Waals surface area contributed by atoms with Gasteiger partial charge in [-0.25, -0.2) is 9.78 Å². The predicted octanol–water partition coefficient (Wildman–Crippen LogP) is 2.95. The molecule has 0 fully saturated rings. The summed E-state index contributed by atoms with van der Waals surface area (Å²) in [6.45, 7) is 3.91. The van der Waals surface area contributed by atoms with Crippen molar-refractivity contribution in [1.29, 1.82) is 0 Å². The Hall–Kier alpha value is -1.29. The van der Waals surface area contributed by atoms with Crippen molar-refractivity contribution in [3.05, 3.63) is 23.0 Å². The second-order valence-corrected chi connectivity index (χ2v) is 3.51. The fraction of sp³-hybridized carbons (Fsp3) is 0.333. The van der Waals surface area contributed by atoms with Gasteiger partial charge in [-0.15, -0.1) is 0 Å². The molecule has 1 aromatic heterocycles. The molecular formula is C9H11ClN2O2. The second kappa shape index (κ2) is 4.28. The van der Waals surface area contributed by atoms with Crippen molar-refractivity contribution in [1.82, 2.24) is 4.98 Å². The summed E-state index contributed by atoms with van der Waals surface area (Å²) in [6.07, 6.45) is 0.423. The molecule has 0 saturated carbocycles. The zero-order valence-electron chi connectivity index (χ0n) is 7.91. The van der Waals surface area contributed by atoms with Gasteiger partial charge >= 0.3 is 6.09 Å². The topological polar surface area (TPSA) is 62.2 Å². The summed E-state index contributed by atoms with van der Waals surface area (Å²) in [5, 5.41) is 11.0. The minimum absolute atomic E-state index is 0.179. The maximum atomic E-state index is 10.5. The van der Waals surface area contributed by atoms with Crippen molar-refractivity contribution in [2.45, 2.75) is 19.8 Å². The molecule has 1 amide bonds. The van der Waals surface area contributed by atoms with E-state index in [1.807, 2.05) is 13.8 Å². The molecule has 0 radical (unpaired) electrons. The molecule has 2 N–H and O–H groups in total. The molecule has 4 nitrogen and oxygen atoms in total. The minimum atomic E-state index is -1.14. The van der Waals surface area contributed by atoms with Crippen LogP contribution in [0.5, 0.6) is 0 Å². The largest absolute Gasteiger partial charge is 0.465 e. The monoisotopic (exact) mass is 214 g/mol. The van der Waals surface area contributed by atoms with Gasteiger partial charge in [0.2, 0.25) is 0 Å². The van der Waals surface area contributed by atoms with E-state index < -0.39 is 6.09 Å². The van der Waals surface area contributed by atoms with E-state index in [2.05, 4.69) is 10.3 Å². The number of pyridine rings is 1. The van der Waals surface area contributed by atoms with E-state index in [0.29, 0.717) is 5.69 Å². The number of halogens is 1. The second-order valence-electron chi connectivity index (χ2n) is 3.15. The number of hydrogen-bond acceptors (Lipinski definition) is 2. The summed E-state index contributed by atoms with van der Waals surface area (Å²) in [4.78, 5) is 14.3. The third-order valence-corrected chi connectivity index (χ3v) is 2.08. The van der Waals surface area contributed by atoms with Crippen molar-refractivity contribution in [2.24, 2.45) is 0 Å². The van der Waals surface area contributed by atoms with E-state index in [0.717, 1.165) is 5.56 Å². The van der Waals surface area contributed by atoms with Crippen LogP contribution in [0.2, 0.25) is 5.15 Å². The van der Waals surface area contributed by atoms with Gasteiger partial charge in [0.15, 0.2) is 5.15 Å². The summed E-state index contributed by atoms with van der Waals surface area (Å²) in [5.74, 6) is 0.192. The van der Waals surface area contributed by atoms with Gasteiger partial charge in [0.05, 0.1) is 5.69 Å². The molecule has 0 atom stereocenters. The third-order valence-electron chi connectivity index (χ3n) is 1.79. The Morgan fingerprint density at radius 1 is 1.64 bits per heavy atom. The summed E-state index contributed by atoms with van der Waals surface area (Å²) < 4.78 is 0. The molecule has 0 aliphatic carbocycles. The number of amides is 1. The summed E-state index contributed by atoms with van der Waals surface area (Å²) in [7, 11) is 0. The van der Waals surface area contributed by atoms with E-state index in [1.54, 1.807) is 12.3 Å². The lowest BCUT2D eigenvalue weighted by Gasteiger charge is -2.12. The third kappa shape index (κ3) is 2.35. The van der Waals surface area contributed by atoms with Crippen LogP contribution in [0.25, 0.3) is 0 Å². The lowest BCUT2D eigenvalue weighted by Crippen LogP contribution is -2.11. The zero-order valence-corrected chi connectivity index (χ0v) is 8.67. The molecule has 0 bridgehead atoms. The lowest BCUT2D eigenvalue weighted by atomic mass is 10.0. The van der Waals surface area contributed by atoms with Gasteiger partial charge in [0.1, 0.15) is 0 Å². The van der Waals surface area contributed by atoms with Gasteiger partial charge in [0.25, 0.3) is 0 Å². The molecule has 0 aromatic carbocycles. The van der Waals surface area contributed by atoms with E-state index in [9.17, 15) is 4.79 Å².